The lowest BCUT2D eigenvalue weighted by Crippen LogP contribution is -2.43. The van der Waals surface area contributed by atoms with Crippen molar-refractivity contribution in [2.75, 3.05) is 20.6 Å². The fourth-order valence-corrected chi connectivity index (χ4v) is 3.64. The highest BCUT2D eigenvalue weighted by Crippen LogP contribution is 2.41. The second-order valence-corrected chi connectivity index (χ2v) is 6.76. The van der Waals surface area contributed by atoms with Gasteiger partial charge in [0.2, 0.25) is 0 Å². The lowest BCUT2D eigenvalue weighted by Gasteiger charge is -2.32. The maximum Gasteiger partial charge on any atom is 0.118 e. The molecule has 3 heteroatoms. The summed E-state index contributed by atoms with van der Waals surface area (Å²) in [6.45, 7) is 8.80. The minimum atomic E-state index is 0.418. The van der Waals surface area contributed by atoms with E-state index < -0.39 is 0 Å². The molecule has 0 saturated heterocycles. The second kappa shape index (κ2) is 5.68. The smallest absolute Gasteiger partial charge is 0.118 e. The van der Waals surface area contributed by atoms with Gasteiger partial charge in [0.05, 0.1) is 6.54 Å². The largest absolute Gasteiger partial charge is 0.465 e. The first kappa shape index (κ1) is 14.6. The molecule has 1 N–H and O–H groups in total. The first-order valence-electron chi connectivity index (χ1n) is 7.33. The molecular formula is C16H28N2O. The molecule has 3 nitrogen and oxygen atoms in total. The Kier molecular flexibility index (Phi) is 4.36. The van der Waals surface area contributed by atoms with Crippen molar-refractivity contribution in [2.45, 2.75) is 46.2 Å². The van der Waals surface area contributed by atoms with E-state index >= 15 is 0 Å². The monoisotopic (exact) mass is 264 g/mol. The molecule has 0 aromatic carbocycles. The lowest BCUT2D eigenvalue weighted by molar-refractivity contribution is 0.199. The maximum atomic E-state index is 5.66. The summed E-state index contributed by atoms with van der Waals surface area (Å²) in [6, 6.07) is 4.74. The fourth-order valence-electron chi connectivity index (χ4n) is 3.64. The Morgan fingerprint density at radius 2 is 2.16 bits per heavy atom. The van der Waals surface area contributed by atoms with Gasteiger partial charge in [-0.05, 0) is 57.3 Å². The molecule has 0 amide bonds. The van der Waals surface area contributed by atoms with E-state index in [0.29, 0.717) is 11.5 Å². The van der Waals surface area contributed by atoms with E-state index in [4.69, 9.17) is 4.42 Å². The first-order chi connectivity index (χ1) is 8.92. The Hall–Kier alpha value is -0.800. The van der Waals surface area contributed by atoms with Crippen molar-refractivity contribution in [3.8, 4) is 0 Å². The molecule has 108 valence electrons. The number of nitrogens with zero attached hydrogens (tertiary/aromatic N) is 1. The van der Waals surface area contributed by atoms with E-state index in [1.165, 1.54) is 12.8 Å². The van der Waals surface area contributed by atoms with Gasteiger partial charge >= 0.3 is 0 Å². The third kappa shape index (κ3) is 3.40. The molecule has 2 unspecified atom stereocenters. The molecular weight excluding hydrogens is 236 g/mol. The number of hydrogen-bond acceptors (Lipinski definition) is 3. The van der Waals surface area contributed by atoms with Gasteiger partial charge in [-0.15, -0.1) is 0 Å². The predicted molar refractivity (Wildman–Crippen MR) is 79.1 cm³/mol. The number of furan rings is 1. The first-order valence-corrected chi connectivity index (χ1v) is 7.33. The zero-order valence-electron chi connectivity index (χ0n) is 13.0. The van der Waals surface area contributed by atoms with Crippen molar-refractivity contribution in [3.05, 3.63) is 23.7 Å². The zero-order chi connectivity index (χ0) is 14.0. The van der Waals surface area contributed by atoms with E-state index in [0.717, 1.165) is 30.5 Å². The highest BCUT2D eigenvalue weighted by atomic mass is 16.3. The fraction of sp³-hybridized carbons (Fsp3) is 0.750. The minimum absolute atomic E-state index is 0.418. The molecule has 1 aliphatic rings. The van der Waals surface area contributed by atoms with Crippen LogP contribution in [0.5, 0.6) is 0 Å². The van der Waals surface area contributed by atoms with Gasteiger partial charge in [-0.25, -0.2) is 0 Å². The topological polar surface area (TPSA) is 28.4 Å². The Labute approximate surface area is 117 Å². The summed E-state index contributed by atoms with van der Waals surface area (Å²) < 4.78 is 5.66. The van der Waals surface area contributed by atoms with E-state index in [-0.39, 0.29) is 0 Å². The summed E-state index contributed by atoms with van der Waals surface area (Å²) in [5.41, 5.74) is 0.418. The summed E-state index contributed by atoms with van der Waals surface area (Å²) >= 11 is 0. The van der Waals surface area contributed by atoms with Crippen LogP contribution in [0.1, 0.15) is 38.2 Å². The van der Waals surface area contributed by atoms with Crippen molar-refractivity contribution in [2.24, 2.45) is 11.3 Å². The van der Waals surface area contributed by atoms with Crippen LogP contribution in [-0.2, 0) is 6.54 Å². The van der Waals surface area contributed by atoms with Crippen LogP contribution in [0.2, 0.25) is 0 Å². The molecule has 0 aliphatic heterocycles. The molecule has 1 fully saturated rings. The summed E-state index contributed by atoms with van der Waals surface area (Å²) in [5.74, 6) is 2.80. The molecule has 1 aromatic rings. The molecule has 2 rings (SSSR count). The Morgan fingerprint density at radius 1 is 1.42 bits per heavy atom. The minimum Gasteiger partial charge on any atom is -0.465 e. The van der Waals surface area contributed by atoms with Crippen LogP contribution in [0.4, 0.5) is 0 Å². The van der Waals surface area contributed by atoms with Gasteiger partial charge in [-0.3, -0.25) is 4.90 Å². The third-order valence-corrected chi connectivity index (χ3v) is 4.55. The number of rotatable bonds is 5. The number of hydrogen-bond donors (Lipinski definition) is 1. The standard InChI is InChI=1S/C16H28N2O/c1-12-6-7-14(19-12)11-18(5)10-13-8-9-16(2,3)15(13)17-4/h6-7,13,15,17H,8-11H2,1-5H3. The van der Waals surface area contributed by atoms with Crippen molar-refractivity contribution < 1.29 is 4.42 Å². The number of nitrogens with one attached hydrogen (secondary N) is 1. The zero-order valence-corrected chi connectivity index (χ0v) is 13.0. The molecule has 0 bridgehead atoms. The molecule has 1 aromatic heterocycles. The summed E-state index contributed by atoms with van der Waals surface area (Å²) in [7, 11) is 4.29. The van der Waals surface area contributed by atoms with Crippen LogP contribution in [0.25, 0.3) is 0 Å². The predicted octanol–water partition coefficient (Wildman–Crippen LogP) is 3.04. The molecule has 19 heavy (non-hydrogen) atoms. The second-order valence-electron chi connectivity index (χ2n) is 6.76. The normalized spacial score (nSPS) is 26.2. The van der Waals surface area contributed by atoms with Crippen molar-refractivity contribution in [1.29, 1.82) is 0 Å². The van der Waals surface area contributed by atoms with Crippen molar-refractivity contribution >= 4 is 0 Å². The highest BCUT2D eigenvalue weighted by molar-refractivity contribution is 5.05. The molecule has 0 radical (unpaired) electrons. The van der Waals surface area contributed by atoms with E-state index in [2.05, 4.69) is 44.2 Å². The van der Waals surface area contributed by atoms with Crippen LogP contribution >= 0.6 is 0 Å². The SMILES string of the molecule is CNC1C(CN(C)Cc2ccc(C)o2)CCC1(C)C. The van der Waals surface area contributed by atoms with Crippen molar-refractivity contribution in [3.63, 3.8) is 0 Å². The van der Waals surface area contributed by atoms with Gasteiger partial charge in [0.15, 0.2) is 0 Å². The molecule has 1 aliphatic carbocycles. The molecule has 2 atom stereocenters. The number of aryl methyl sites for hydroxylation is 1. The van der Waals surface area contributed by atoms with E-state index in [1.807, 2.05) is 13.0 Å². The van der Waals surface area contributed by atoms with E-state index in [1.54, 1.807) is 0 Å². The van der Waals surface area contributed by atoms with Gasteiger partial charge in [0.1, 0.15) is 11.5 Å². The highest BCUT2D eigenvalue weighted by Gasteiger charge is 2.41. The van der Waals surface area contributed by atoms with Gasteiger partial charge in [0.25, 0.3) is 0 Å². The molecule has 0 spiro atoms. The average molecular weight is 264 g/mol. The van der Waals surface area contributed by atoms with Gasteiger partial charge in [0, 0.05) is 12.6 Å². The van der Waals surface area contributed by atoms with Crippen LogP contribution in [0.15, 0.2) is 16.5 Å². The van der Waals surface area contributed by atoms with Gasteiger partial charge in [-0.1, -0.05) is 13.8 Å². The Bertz CT molecular complexity index is 411. The Morgan fingerprint density at radius 3 is 2.74 bits per heavy atom. The Balaban J connectivity index is 1.90. The van der Waals surface area contributed by atoms with Crippen molar-refractivity contribution in [1.82, 2.24) is 10.2 Å². The van der Waals surface area contributed by atoms with E-state index in [9.17, 15) is 0 Å². The average Bonchev–Trinajstić information content (AvgIpc) is 2.83. The third-order valence-electron chi connectivity index (χ3n) is 4.55. The van der Waals surface area contributed by atoms with Gasteiger partial charge < -0.3 is 9.73 Å². The van der Waals surface area contributed by atoms with Gasteiger partial charge in [-0.2, -0.15) is 0 Å². The summed E-state index contributed by atoms with van der Waals surface area (Å²) in [6.07, 6.45) is 2.64. The van der Waals surface area contributed by atoms with Crippen LogP contribution in [0, 0.1) is 18.3 Å². The summed E-state index contributed by atoms with van der Waals surface area (Å²) in [4.78, 5) is 2.38. The van der Waals surface area contributed by atoms with Crippen LogP contribution < -0.4 is 5.32 Å². The molecule has 1 heterocycles. The summed E-state index contributed by atoms with van der Waals surface area (Å²) in [5, 5.41) is 3.53. The molecule has 1 saturated carbocycles. The lowest BCUT2D eigenvalue weighted by atomic mass is 9.85. The quantitative estimate of drug-likeness (QED) is 0.886. The maximum absolute atomic E-state index is 5.66. The van der Waals surface area contributed by atoms with Crippen LogP contribution in [-0.4, -0.2) is 31.6 Å². The van der Waals surface area contributed by atoms with Crippen LogP contribution in [0.3, 0.4) is 0 Å².